The minimum Gasteiger partial charge on any atom is -0.480 e. The van der Waals surface area contributed by atoms with Gasteiger partial charge in [0.2, 0.25) is 0 Å². The molecule has 0 aliphatic carbocycles. The van der Waals surface area contributed by atoms with Crippen LogP contribution < -0.4 is 5.56 Å². The van der Waals surface area contributed by atoms with Crippen molar-refractivity contribution >= 4 is 22.8 Å². The van der Waals surface area contributed by atoms with E-state index in [9.17, 15) is 19.5 Å². The Morgan fingerprint density at radius 2 is 1.79 bits per heavy atom. The summed E-state index contributed by atoms with van der Waals surface area (Å²) in [6, 6.07) is 13.6. The summed E-state index contributed by atoms with van der Waals surface area (Å²) in [7, 11) is 0. The first-order chi connectivity index (χ1) is 13.6. The third kappa shape index (κ3) is 3.02. The van der Waals surface area contributed by atoms with Gasteiger partial charge in [-0.25, -0.2) is 4.79 Å². The molecule has 0 unspecified atom stereocenters. The minimum absolute atomic E-state index is 0.328. The van der Waals surface area contributed by atoms with Crippen LogP contribution in [0.25, 0.3) is 10.9 Å². The third-order valence-electron chi connectivity index (χ3n) is 5.01. The molecule has 1 amide bonds. The van der Waals surface area contributed by atoms with Crippen molar-refractivity contribution in [2.24, 2.45) is 0 Å². The monoisotopic (exact) mass is 378 g/mol. The highest BCUT2D eigenvalue weighted by atomic mass is 16.4. The molecule has 0 bridgehead atoms. The number of aromatic nitrogens is 3. The maximum Gasteiger partial charge on any atom is 0.326 e. The molecule has 4 rings (SSSR count). The lowest BCUT2D eigenvalue weighted by atomic mass is 10.0. The molecule has 3 aromatic rings. The number of benzene rings is 2. The fourth-order valence-electron chi connectivity index (χ4n) is 3.64. The SMILES string of the molecule is O=C(O)[C@H]1CCCN1C(=O)[C@H](c1ccccc1)n1nnc2ccccc2c1=O. The van der Waals surface area contributed by atoms with Crippen LogP contribution >= 0.6 is 0 Å². The van der Waals surface area contributed by atoms with Crippen molar-refractivity contribution in [1.29, 1.82) is 0 Å². The second-order valence-corrected chi connectivity index (χ2v) is 6.70. The zero-order valence-electron chi connectivity index (χ0n) is 14.9. The maximum atomic E-state index is 13.4. The topological polar surface area (TPSA) is 105 Å². The molecule has 0 saturated carbocycles. The molecule has 2 aromatic carbocycles. The Morgan fingerprint density at radius 3 is 2.54 bits per heavy atom. The van der Waals surface area contributed by atoms with Crippen LogP contribution in [-0.4, -0.2) is 49.5 Å². The number of rotatable bonds is 4. The summed E-state index contributed by atoms with van der Waals surface area (Å²) in [4.78, 5) is 39.3. The Labute approximate surface area is 160 Å². The molecule has 0 spiro atoms. The van der Waals surface area contributed by atoms with Crippen molar-refractivity contribution in [2.75, 3.05) is 6.54 Å². The number of nitrogens with zero attached hydrogens (tertiary/aromatic N) is 4. The highest BCUT2D eigenvalue weighted by molar-refractivity contribution is 5.89. The Bertz CT molecular complexity index is 1100. The molecule has 28 heavy (non-hydrogen) atoms. The number of carboxylic acids is 1. The molecule has 8 heteroatoms. The van der Waals surface area contributed by atoms with E-state index in [2.05, 4.69) is 10.3 Å². The lowest BCUT2D eigenvalue weighted by Crippen LogP contribution is -2.46. The van der Waals surface area contributed by atoms with E-state index in [1.165, 1.54) is 4.90 Å². The Kier molecular flexibility index (Phi) is 4.60. The van der Waals surface area contributed by atoms with Crippen LogP contribution in [0.1, 0.15) is 24.4 Å². The highest BCUT2D eigenvalue weighted by Crippen LogP contribution is 2.25. The van der Waals surface area contributed by atoms with Gasteiger partial charge in [0.1, 0.15) is 11.6 Å². The first-order valence-electron chi connectivity index (χ1n) is 9.00. The number of hydrogen-bond donors (Lipinski definition) is 1. The molecule has 1 fully saturated rings. The fraction of sp³-hybridized carbons (Fsp3) is 0.250. The maximum absolute atomic E-state index is 13.4. The van der Waals surface area contributed by atoms with E-state index in [1.807, 2.05) is 0 Å². The van der Waals surface area contributed by atoms with Crippen LogP contribution in [0.2, 0.25) is 0 Å². The van der Waals surface area contributed by atoms with Crippen molar-refractivity contribution in [3.05, 3.63) is 70.5 Å². The molecular weight excluding hydrogens is 360 g/mol. The zero-order valence-corrected chi connectivity index (χ0v) is 14.9. The summed E-state index contributed by atoms with van der Waals surface area (Å²) in [5.41, 5.74) is 0.543. The van der Waals surface area contributed by atoms with Crippen molar-refractivity contribution in [3.63, 3.8) is 0 Å². The molecule has 1 aliphatic rings. The first-order valence-corrected chi connectivity index (χ1v) is 9.00. The number of amides is 1. The average molecular weight is 378 g/mol. The smallest absolute Gasteiger partial charge is 0.326 e. The molecule has 1 aromatic heterocycles. The van der Waals surface area contributed by atoms with Gasteiger partial charge in [-0.2, -0.15) is 4.68 Å². The molecule has 8 nitrogen and oxygen atoms in total. The van der Waals surface area contributed by atoms with Crippen molar-refractivity contribution in [1.82, 2.24) is 19.9 Å². The van der Waals surface area contributed by atoms with Gasteiger partial charge >= 0.3 is 5.97 Å². The quantitative estimate of drug-likeness (QED) is 0.737. The summed E-state index contributed by atoms with van der Waals surface area (Å²) < 4.78 is 1.05. The Morgan fingerprint density at radius 1 is 1.07 bits per heavy atom. The van der Waals surface area contributed by atoms with E-state index in [-0.39, 0.29) is 0 Å². The number of fused-ring (bicyclic) bond motifs is 1. The normalized spacial score (nSPS) is 17.6. The van der Waals surface area contributed by atoms with Gasteiger partial charge in [0.15, 0.2) is 6.04 Å². The lowest BCUT2D eigenvalue weighted by molar-refractivity contribution is -0.149. The second-order valence-electron chi connectivity index (χ2n) is 6.70. The molecule has 142 valence electrons. The molecule has 1 saturated heterocycles. The number of carboxylic acid groups (broad SMARTS) is 1. The number of carbonyl (C=O) groups is 2. The Hall–Kier alpha value is -3.55. The minimum atomic E-state index is -1.08. The second kappa shape index (κ2) is 7.22. The number of hydrogen-bond acceptors (Lipinski definition) is 5. The summed E-state index contributed by atoms with van der Waals surface area (Å²) >= 11 is 0. The van der Waals surface area contributed by atoms with Gasteiger partial charge in [0, 0.05) is 6.54 Å². The van der Waals surface area contributed by atoms with Gasteiger partial charge in [-0.05, 0) is 30.5 Å². The van der Waals surface area contributed by atoms with Gasteiger partial charge in [0.05, 0.1) is 5.39 Å². The van der Waals surface area contributed by atoms with Gasteiger partial charge in [-0.1, -0.05) is 47.7 Å². The number of carbonyl (C=O) groups excluding carboxylic acids is 1. The summed E-state index contributed by atoms with van der Waals surface area (Å²) in [5, 5.41) is 17.9. The van der Waals surface area contributed by atoms with Crippen molar-refractivity contribution < 1.29 is 14.7 Å². The van der Waals surface area contributed by atoms with Crippen LogP contribution in [0, 0.1) is 0 Å². The van der Waals surface area contributed by atoms with Crippen molar-refractivity contribution in [2.45, 2.75) is 24.9 Å². The Balaban J connectivity index is 1.86. The zero-order chi connectivity index (χ0) is 19.7. The fourth-order valence-corrected chi connectivity index (χ4v) is 3.64. The number of aliphatic carboxylic acids is 1. The standard InChI is InChI=1S/C20H18N4O4/c25-18-14-9-4-5-10-15(14)21-22-24(18)17(13-7-2-1-3-8-13)19(26)23-12-6-11-16(23)20(27)28/h1-5,7-10,16-17H,6,11-12H2,(H,27,28)/t16-,17+/m1/s1. The predicted octanol–water partition coefficient (Wildman–Crippen LogP) is 1.46. The third-order valence-corrected chi connectivity index (χ3v) is 5.01. The van der Waals surface area contributed by atoms with E-state index < -0.39 is 29.5 Å². The average Bonchev–Trinajstić information content (AvgIpc) is 3.21. The predicted molar refractivity (Wildman–Crippen MR) is 101 cm³/mol. The van der Waals surface area contributed by atoms with Crippen LogP contribution in [0.3, 0.4) is 0 Å². The molecule has 1 aliphatic heterocycles. The lowest BCUT2D eigenvalue weighted by Gasteiger charge is -2.27. The van der Waals surface area contributed by atoms with E-state index in [0.717, 1.165) is 4.68 Å². The first kappa shape index (κ1) is 17.8. The molecular formula is C20H18N4O4. The van der Waals surface area contributed by atoms with Gasteiger partial charge < -0.3 is 10.0 Å². The van der Waals surface area contributed by atoms with E-state index in [4.69, 9.17) is 0 Å². The largest absolute Gasteiger partial charge is 0.480 e. The van der Waals surface area contributed by atoms with Crippen LogP contribution in [0.4, 0.5) is 0 Å². The summed E-state index contributed by atoms with van der Waals surface area (Å²) in [6.07, 6.45) is 0.989. The van der Waals surface area contributed by atoms with E-state index >= 15 is 0 Å². The highest BCUT2D eigenvalue weighted by Gasteiger charge is 2.39. The summed E-state index contributed by atoms with van der Waals surface area (Å²) in [5.74, 6) is -1.52. The van der Waals surface area contributed by atoms with Gasteiger partial charge in [-0.3, -0.25) is 9.59 Å². The summed E-state index contributed by atoms with van der Waals surface area (Å²) in [6.45, 7) is 0.328. The molecule has 0 radical (unpaired) electrons. The van der Waals surface area contributed by atoms with Gasteiger partial charge in [0.25, 0.3) is 11.5 Å². The van der Waals surface area contributed by atoms with E-state index in [0.29, 0.717) is 35.9 Å². The van der Waals surface area contributed by atoms with Crippen LogP contribution in [-0.2, 0) is 9.59 Å². The van der Waals surface area contributed by atoms with E-state index in [1.54, 1.807) is 54.6 Å². The molecule has 2 atom stereocenters. The van der Waals surface area contributed by atoms with Crippen LogP contribution in [0.15, 0.2) is 59.4 Å². The van der Waals surface area contributed by atoms with Gasteiger partial charge in [-0.15, -0.1) is 5.10 Å². The molecule has 1 N–H and O–H groups in total. The van der Waals surface area contributed by atoms with Crippen LogP contribution in [0.5, 0.6) is 0 Å². The van der Waals surface area contributed by atoms with Crippen molar-refractivity contribution in [3.8, 4) is 0 Å². The number of likely N-dealkylation sites (tertiary alicyclic amines) is 1. The molecule has 2 heterocycles.